The Morgan fingerprint density at radius 3 is 2.82 bits per heavy atom. The van der Waals surface area contributed by atoms with Crippen LogP contribution < -0.4 is 5.32 Å². The summed E-state index contributed by atoms with van der Waals surface area (Å²) in [4.78, 5) is 15.3. The molecule has 2 rings (SSSR count). The van der Waals surface area contributed by atoms with Crippen LogP contribution in [-0.2, 0) is 0 Å². The summed E-state index contributed by atoms with van der Waals surface area (Å²) in [7, 11) is 0. The molecule has 0 saturated heterocycles. The van der Waals surface area contributed by atoms with Crippen LogP contribution in [0.15, 0.2) is 23.0 Å². The molecule has 2 aromatic heterocycles. The maximum absolute atomic E-state index is 13.3. The first kappa shape index (κ1) is 11.3. The molecule has 0 aliphatic carbocycles. The second-order valence-electron chi connectivity index (χ2n) is 3.53. The van der Waals surface area contributed by atoms with E-state index in [0.717, 1.165) is 6.20 Å². The van der Waals surface area contributed by atoms with Crippen molar-refractivity contribution in [3.05, 3.63) is 41.1 Å². The van der Waals surface area contributed by atoms with Gasteiger partial charge in [0.05, 0.1) is 17.5 Å². The topological polar surface area (TPSA) is 68.0 Å². The Hall–Kier alpha value is -2.24. The average Bonchev–Trinajstić information content (AvgIpc) is 2.61. The average molecular weight is 235 g/mol. The van der Waals surface area contributed by atoms with Crippen molar-refractivity contribution >= 4 is 11.8 Å². The van der Waals surface area contributed by atoms with Crippen LogP contribution in [0.3, 0.4) is 0 Å². The van der Waals surface area contributed by atoms with Gasteiger partial charge in [0.2, 0.25) is 5.88 Å². The highest BCUT2D eigenvalue weighted by Crippen LogP contribution is 2.18. The Labute approximate surface area is 96.6 Å². The Kier molecular flexibility index (Phi) is 2.86. The highest BCUT2D eigenvalue weighted by molar-refractivity contribution is 6.03. The molecule has 88 valence electrons. The minimum Gasteiger partial charge on any atom is -0.338 e. The van der Waals surface area contributed by atoms with Crippen LogP contribution in [0, 0.1) is 19.7 Å². The summed E-state index contributed by atoms with van der Waals surface area (Å²) in [5, 5.41) is 6.14. The third-order valence-corrected chi connectivity index (χ3v) is 2.40. The number of aryl methyl sites for hydroxylation is 1. The summed E-state index contributed by atoms with van der Waals surface area (Å²) < 4.78 is 18.2. The number of carbonyl (C=O) groups is 1. The number of halogens is 1. The Bertz CT molecular complexity index is 566. The van der Waals surface area contributed by atoms with Gasteiger partial charge in [0.15, 0.2) is 5.82 Å². The van der Waals surface area contributed by atoms with Gasteiger partial charge < -0.3 is 4.52 Å². The van der Waals surface area contributed by atoms with E-state index in [-0.39, 0.29) is 11.4 Å². The van der Waals surface area contributed by atoms with E-state index in [1.807, 2.05) is 0 Å². The second-order valence-corrected chi connectivity index (χ2v) is 3.53. The number of hydrogen-bond donors (Lipinski definition) is 1. The first-order valence-electron chi connectivity index (χ1n) is 4.93. The van der Waals surface area contributed by atoms with E-state index in [1.165, 1.54) is 12.3 Å². The third-order valence-electron chi connectivity index (χ3n) is 2.40. The van der Waals surface area contributed by atoms with Gasteiger partial charge in [-0.15, -0.1) is 0 Å². The second kappa shape index (κ2) is 4.32. The van der Waals surface area contributed by atoms with Crippen molar-refractivity contribution in [3.63, 3.8) is 0 Å². The zero-order chi connectivity index (χ0) is 12.4. The number of aromatic nitrogens is 2. The van der Waals surface area contributed by atoms with Gasteiger partial charge >= 0.3 is 0 Å². The summed E-state index contributed by atoms with van der Waals surface area (Å²) in [5.74, 6) is -1.05. The zero-order valence-electron chi connectivity index (χ0n) is 9.32. The van der Waals surface area contributed by atoms with Gasteiger partial charge in [0, 0.05) is 11.8 Å². The summed E-state index contributed by atoms with van der Waals surface area (Å²) in [5.41, 5.74) is 1.30. The maximum Gasteiger partial charge on any atom is 0.261 e. The van der Waals surface area contributed by atoms with E-state index in [4.69, 9.17) is 4.52 Å². The van der Waals surface area contributed by atoms with Crippen LogP contribution in [0.4, 0.5) is 10.3 Å². The van der Waals surface area contributed by atoms with E-state index < -0.39 is 11.7 Å². The fourth-order valence-electron chi connectivity index (χ4n) is 1.26. The minimum atomic E-state index is -0.682. The molecule has 0 atom stereocenters. The Morgan fingerprint density at radius 1 is 1.47 bits per heavy atom. The highest BCUT2D eigenvalue weighted by Gasteiger charge is 2.15. The van der Waals surface area contributed by atoms with E-state index >= 15 is 0 Å². The number of carbonyl (C=O) groups excluding carboxylic acids is 1. The van der Waals surface area contributed by atoms with Crippen LogP contribution in [0.25, 0.3) is 0 Å². The maximum atomic E-state index is 13.3. The summed E-state index contributed by atoms with van der Waals surface area (Å²) in [6, 6.07) is 1.29. The van der Waals surface area contributed by atoms with Crippen molar-refractivity contribution in [1.29, 1.82) is 0 Å². The molecule has 0 spiro atoms. The third kappa shape index (κ3) is 2.15. The number of nitrogens with one attached hydrogen (secondary N) is 1. The molecule has 0 fully saturated rings. The van der Waals surface area contributed by atoms with Crippen molar-refractivity contribution in [1.82, 2.24) is 10.1 Å². The molecule has 0 aliphatic heterocycles. The monoisotopic (exact) mass is 235 g/mol. The molecule has 0 aliphatic rings. The van der Waals surface area contributed by atoms with Crippen LogP contribution in [0.1, 0.15) is 21.6 Å². The van der Waals surface area contributed by atoms with Crippen molar-refractivity contribution < 1.29 is 13.7 Å². The molecule has 0 unspecified atom stereocenters. The number of anilines is 1. The molecule has 0 saturated carbocycles. The van der Waals surface area contributed by atoms with Crippen molar-refractivity contribution in [3.8, 4) is 0 Å². The number of nitrogens with zero attached hydrogens (tertiary/aromatic N) is 2. The van der Waals surface area contributed by atoms with Gasteiger partial charge in [0.1, 0.15) is 0 Å². The number of pyridine rings is 1. The predicted molar refractivity (Wildman–Crippen MR) is 58.1 cm³/mol. The van der Waals surface area contributed by atoms with E-state index in [1.54, 1.807) is 13.8 Å². The summed E-state index contributed by atoms with van der Waals surface area (Å²) in [6.45, 7) is 3.51. The fourth-order valence-corrected chi connectivity index (χ4v) is 1.26. The minimum absolute atomic E-state index is 0.0894. The van der Waals surface area contributed by atoms with Gasteiger partial charge in [-0.3, -0.25) is 15.1 Å². The van der Waals surface area contributed by atoms with E-state index in [0.29, 0.717) is 11.3 Å². The van der Waals surface area contributed by atoms with Gasteiger partial charge in [-0.05, 0) is 19.9 Å². The lowest BCUT2D eigenvalue weighted by molar-refractivity contribution is 0.101. The van der Waals surface area contributed by atoms with Crippen molar-refractivity contribution in [2.24, 2.45) is 0 Å². The molecule has 0 radical (unpaired) electrons. The van der Waals surface area contributed by atoms with Crippen LogP contribution in [0.5, 0.6) is 0 Å². The first-order chi connectivity index (χ1) is 8.09. The molecule has 17 heavy (non-hydrogen) atoms. The predicted octanol–water partition coefficient (Wildman–Crippen LogP) is 2.08. The molecular formula is C11H10FN3O2. The molecule has 6 heteroatoms. The standard InChI is InChI=1S/C11H10FN3O2/c1-6-7(2)15-17-11(6)14-10(16)8-3-4-13-5-9(8)12/h3-5H,1-2H3,(H,14,16). The summed E-state index contributed by atoms with van der Waals surface area (Å²) >= 11 is 0. The summed E-state index contributed by atoms with van der Waals surface area (Å²) in [6.07, 6.45) is 2.32. The van der Waals surface area contributed by atoms with E-state index in [9.17, 15) is 9.18 Å². The molecule has 1 amide bonds. The number of amides is 1. The lowest BCUT2D eigenvalue weighted by atomic mass is 10.2. The molecule has 5 nitrogen and oxygen atoms in total. The van der Waals surface area contributed by atoms with Crippen LogP contribution in [-0.4, -0.2) is 16.0 Å². The van der Waals surface area contributed by atoms with Crippen molar-refractivity contribution in [2.75, 3.05) is 5.32 Å². The largest absolute Gasteiger partial charge is 0.338 e. The quantitative estimate of drug-likeness (QED) is 0.865. The molecule has 1 N–H and O–H groups in total. The lowest BCUT2D eigenvalue weighted by Crippen LogP contribution is -2.14. The van der Waals surface area contributed by atoms with Gasteiger partial charge in [-0.1, -0.05) is 5.16 Å². The van der Waals surface area contributed by atoms with Gasteiger partial charge in [-0.2, -0.15) is 0 Å². The zero-order valence-corrected chi connectivity index (χ0v) is 9.32. The highest BCUT2D eigenvalue weighted by atomic mass is 19.1. The SMILES string of the molecule is Cc1noc(NC(=O)c2ccncc2F)c1C. The Balaban J connectivity index is 2.23. The first-order valence-corrected chi connectivity index (χ1v) is 4.93. The smallest absolute Gasteiger partial charge is 0.261 e. The van der Waals surface area contributed by atoms with E-state index in [2.05, 4.69) is 15.5 Å². The van der Waals surface area contributed by atoms with Crippen molar-refractivity contribution in [2.45, 2.75) is 13.8 Å². The van der Waals surface area contributed by atoms with Gasteiger partial charge in [-0.25, -0.2) is 4.39 Å². The normalized spacial score (nSPS) is 10.3. The number of hydrogen-bond acceptors (Lipinski definition) is 4. The molecule has 2 aromatic rings. The van der Waals surface area contributed by atoms with Crippen LogP contribution >= 0.6 is 0 Å². The lowest BCUT2D eigenvalue weighted by Gasteiger charge is -2.02. The fraction of sp³-hybridized carbons (Fsp3) is 0.182. The molecule has 0 aromatic carbocycles. The number of rotatable bonds is 2. The van der Waals surface area contributed by atoms with Gasteiger partial charge in [0.25, 0.3) is 5.91 Å². The Morgan fingerprint density at radius 2 is 2.24 bits per heavy atom. The molecule has 2 heterocycles. The molecular weight excluding hydrogens is 225 g/mol. The molecule has 0 bridgehead atoms. The van der Waals surface area contributed by atoms with Crippen LogP contribution in [0.2, 0.25) is 0 Å².